The van der Waals surface area contributed by atoms with Crippen molar-refractivity contribution in [3.63, 3.8) is 0 Å². The van der Waals surface area contributed by atoms with Gasteiger partial charge in [0.15, 0.2) is 11.5 Å². The minimum absolute atomic E-state index is 0.148. The summed E-state index contributed by atoms with van der Waals surface area (Å²) in [7, 11) is -0.512. The molecule has 1 atom stereocenters. The highest BCUT2D eigenvalue weighted by Gasteiger charge is 2.35. The smallest absolute Gasteiger partial charge is 0.271 e. The molecule has 2 aliphatic rings. The van der Waals surface area contributed by atoms with E-state index in [-0.39, 0.29) is 17.4 Å². The summed E-state index contributed by atoms with van der Waals surface area (Å²) in [6.07, 6.45) is -0.127. The third-order valence-corrected chi connectivity index (χ3v) is 6.59. The van der Waals surface area contributed by atoms with Crippen LogP contribution in [0.2, 0.25) is 0 Å². The Hall–Kier alpha value is -2.58. The fourth-order valence-electron chi connectivity index (χ4n) is 3.29. The van der Waals surface area contributed by atoms with E-state index in [0.717, 1.165) is 11.3 Å². The molecule has 142 valence electrons. The molecule has 1 unspecified atom stereocenters. The normalized spacial score (nSPS) is 18.5. The number of sulfonamides is 1. The Kier molecular flexibility index (Phi) is 4.32. The number of para-hydroxylation sites is 2. The third-order valence-electron chi connectivity index (χ3n) is 4.78. The Morgan fingerprint density at radius 3 is 2.63 bits per heavy atom. The Morgan fingerprint density at radius 2 is 1.89 bits per heavy atom. The Balaban J connectivity index is 1.57. The molecule has 0 saturated heterocycles. The van der Waals surface area contributed by atoms with E-state index in [9.17, 15) is 13.2 Å². The summed E-state index contributed by atoms with van der Waals surface area (Å²) >= 11 is 0. The van der Waals surface area contributed by atoms with Gasteiger partial charge in [0.2, 0.25) is 16.1 Å². The molecule has 2 aromatic rings. The molecule has 0 aromatic heterocycles. The van der Waals surface area contributed by atoms with Gasteiger partial charge in [-0.05, 0) is 42.3 Å². The highest BCUT2D eigenvalue weighted by molar-refractivity contribution is 7.89. The van der Waals surface area contributed by atoms with Gasteiger partial charge >= 0.3 is 0 Å². The maximum Gasteiger partial charge on any atom is 0.271 e. The van der Waals surface area contributed by atoms with E-state index in [1.54, 1.807) is 29.2 Å². The van der Waals surface area contributed by atoms with E-state index in [1.165, 1.54) is 24.5 Å². The van der Waals surface area contributed by atoms with Gasteiger partial charge in [0.25, 0.3) is 5.91 Å². The molecule has 0 spiro atoms. The van der Waals surface area contributed by atoms with E-state index in [0.29, 0.717) is 24.5 Å². The monoisotopic (exact) mass is 388 g/mol. The number of carbonyl (C=O) groups excluding carboxylic acids is 1. The predicted molar refractivity (Wildman–Crippen MR) is 99.7 cm³/mol. The second-order valence-electron chi connectivity index (χ2n) is 6.68. The van der Waals surface area contributed by atoms with Crippen molar-refractivity contribution in [3.05, 3.63) is 48.0 Å². The largest absolute Gasteiger partial charge is 0.485 e. The van der Waals surface area contributed by atoms with Crippen LogP contribution in [0.25, 0.3) is 0 Å². The zero-order valence-corrected chi connectivity index (χ0v) is 15.9. The average molecular weight is 388 g/mol. The topological polar surface area (TPSA) is 76.2 Å². The SMILES string of the molecule is CN(C)S(=O)(=O)c1ccc2c(c1)CCN2C(=O)C1COc2ccccc2O1. The van der Waals surface area contributed by atoms with Crippen LogP contribution in [0, 0.1) is 0 Å². The number of benzene rings is 2. The number of hydrogen-bond donors (Lipinski definition) is 0. The maximum atomic E-state index is 13.0. The van der Waals surface area contributed by atoms with Crippen molar-refractivity contribution in [3.8, 4) is 11.5 Å². The molecule has 0 radical (unpaired) electrons. The van der Waals surface area contributed by atoms with Crippen molar-refractivity contribution in [2.45, 2.75) is 17.4 Å². The Labute approximate surface area is 158 Å². The molecular weight excluding hydrogens is 368 g/mol. The quantitative estimate of drug-likeness (QED) is 0.799. The summed E-state index contributed by atoms with van der Waals surface area (Å²) in [6, 6.07) is 12.1. The van der Waals surface area contributed by atoms with Crippen LogP contribution in [0.15, 0.2) is 47.4 Å². The second-order valence-corrected chi connectivity index (χ2v) is 8.83. The summed E-state index contributed by atoms with van der Waals surface area (Å²) in [5, 5.41) is 0. The molecular formula is C19H20N2O5S. The minimum atomic E-state index is -3.50. The van der Waals surface area contributed by atoms with Crippen molar-refractivity contribution < 1.29 is 22.7 Å². The van der Waals surface area contributed by atoms with Gasteiger partial charge in [0.05, 0.1) is 4.90 Å². The van der Waals surface area contributed by atoms with Gasteiger partial charge < -0.3 is 14.4 Å². The predicted octanol–water partition coefficient (Wildman–Crippen LogP) is 1.67. The number of carbonyl (C=O) groups is 1. The van der Waals surface area contributed by atoms with Gasteiger partial charge in [-0.2, -0.15) is 0 Å². The molecule has 0 N–H and O–H groups in total. The van der Waals surface area contributed by atoms with Gasteiger partial charge in [-0.25, -0.2) is 12.7 Å². The van der Waals surface area contributed by atoms with Crippen LogP contribution < -0.4 is 14.4 Å². The first-order valence-electron chi connectivity index (χ1n) is 8.63. The molecule has 0 saturated carbocycles. The number of anilines is 1. The third kappa shape index (κ3) is 3.04. The van der Waals surface area contributed by atoms with Gasteiger partial charge in [-0.15, -0.1) is 0 Å². The standard InChI is InChI=1S/C19H20N2O5S/c1-20(2)27(23,24)14-7-8-15-13(11-14)9-10-21(15)19(22)18-12-25-16-5-3-4-6-17(16)26-18/h3-8,11,18H,9-10,12H2,1-2H3. The van der Waals surface area contributed by atoms with Crippen LogP contribution in [-0.4, -0.2) is 52.0 Å². The van der Waals surface area contributed by atoms with Crippen molar-refractivity contribution in [2.24, 2.45) is 0 Å². The highest BCUT2D eigenvalue weighted by atomic mass is 32.2. The molecule has 0 aliphatic carbocycles. The molecule has 0 fully saturated rings. The zero-order chi connectivity index (χ0) is 19.2. The first-order chi connectivity index (χ1) is 12.9. The van der Waals surface area contributed by atoms with Crippen LogP contribution in [0.1, 0.15) is 5.56 Å². The molecule has 7 nitrogen and oxygen atoms in total. The molecule has 2 aromatic carbocycles. The summed E-state index contributed by atoms with van der Waals surface area (Å²) in [6.45, 7) is 0.635. The lowest BCUT2D eigenvalue weighted by Gasteiger charge is -2.29. The number of fused-ring (bicyclic) bond motifs is 2. The Morgan fingerprint density at radius 1 is 1.15 bits per heavy atom. The molecule has 0 bridgehead atoms. The maximum absolute atomic E-state index is 13.0. The second kappa shape index (κ2) is 6.54. The first-order valence-corrected chi connectivity index (χ1v) is 10.1. The number of ether oxygens (including phenoxy) is 2. The van der Waals surface area contributed by atoms with Crippen LogP contribution in [-0.2, 0) is 21.2 Å². The Bertz CT molecular complexity index is 1000. The van der Waals surface area contributed by atoms with Crippen LogP contribution in [0.3, 0.4) is 0 Å². The fourth-order valence-corrected chi connectivity index (χ4v) is 4.25. The molecule has 1 amide bonds. The lowest BCUT2D eigenvalue weighted by atomic mass is 10.2. The molecule has 4 rings (SSSR count). The summed E-state index contributed by atoms with van der Waals surface area (Å²) in [5.74, 6) is 0.988. The van der Waals surface area contributed by atoms with Crippen molar-refractivity contribution in [1.29, 1.82) is 0 Å². The number of rotatable bonds is 3. The van der Waals surface area contributed by atoms with E-state index in [2.05, 4.69) is 0 Å². The summed E-state index contributed by atoms with van der Waals surface area (Å²) < 4.78 is 37.3. The summed E-state index contributed by atoms with van der Waals surface area (Å²) in [4.78, 5) is 14.8. The molecule has 2 heterocycles. The molecule has 8 heteroatoms. The lowest BCUT2D eigenvalue weighted by molar-refractivity contribution is -0.127. The van der Waals surface area contributed by atoms with Gasteiger partial charge in [0, 0.05) is 26.3 Å². The van der Waals surface area contributed by atoms with E-state index in [4.69, 9.17) is 9.47 Å². The fraction of sp³-hybridized carbons (Fsp3) is 0.316. The van der Waals surface area contributed by atoms with E-state index < -0.39 is 16.1 Å². The van der Waals surface area contributed by atoms with Gasteiger partial charge in [0.1, 0.15) is 6.61 Å². The van der Waals surface area contributed by atoms with Crippen molar-refractivity contribution in [2.75, 3.05) is 32.1 Å². The lowest BCUT2D eigenvalue weighted by Crippen LogP contribution is -2.46. The zero-order valence-electron chi connectivity index (χ0n) is 15.1. The van der Waals surface area contributed by atoms with E-state index >= 15 is 0 Å². The van der Waals surface area contributed by atoms with Crippen LogP contribution in [0.4, 0.5) is 5.69 Å². The van der Waals surface area contributed by atoms with Crippen LogP contribution in [0.5, 0.6) is 11.5 Å². The number of nitrogens with zero attached hydrogens (tertiary/aromatic N) is 2. The molecule has 2 aliphatic heterocycles. The molecule has 27 heavy (non-hydrogen) atoms. The summed E-state index contributed by atoms with van der Waals surface area (Å²) in [5.41, 5.74) is 1.56. The highest BCUT2D eigenvalue weighted by Crippen LogP contribution is 2.34. The van der Waals surface area contributed by atoms with E-state index in [1.807, 2.05) is 12.1 Å². The van der Waals surface area contributed by atoms with Gasteiger partial charge in [-0.3, -0.25) is 4.79 Å². The minimum Gasteiger partial charge on any atom is -0.485 e. The first kappa shape index (κ1) is 17.8. The average Bonchev–Trinajstić information content (AvgIpc) is 3.10. The van der Waals surface area contributed by atoms with Crippen molar-refractivity contribution >= 4 is 21.6 Å². The van der Waals surface area contributed by atoms with Crippen molar-refractivity contribution in [1.82, 2.24) is 4.31 Å². The number of amides is 1. The van der Waals surface area contributed by atoms with Crippen LogP contribution >= 0.6 is 0 Å². The number of hydrogen-bond acceptors (Lipinski definition) is 5. The van der Waals surface area contributed by atoms with Gasteiger partial charge in [-0.1, -0.05) is 12.1 Å².